The van der Waals surface area contributed by atoms with Crippen LogP contribution in [-0.2, 0) is 11.3 Å². The topological polar surface area (TPSA) is 42.0 Å². The molecule has 1 aromatic carbocycles. The normalized spacial score (nSPS) is 10.5. The van der Waals surface area contributed by atoms with Gasteiger partial charge in [-0.05, 0) is 12.1 Å². The van der Waals surface area contributed by atoms with Gasteiger partial charge in [-0.1, -0.05) is 19.1 Å². The van der Waals surface area contributed by atoms with Crippen molar-refractivity contribution in [2.45, 2.75) is 19.9 Å². The molecule has 0 radical (unpaired) electrons. The van der Waals surface area contributed by atoms with E-state index in [-0.39, 0.29) is 5.91 Å². The number of nitrogens with one attached hydrogen (secondary N) is 1. The quantitative estimate of drug-likeness (QED) is 0.862. The summed E-state index contributed by atoms with van der Waals surface area (Å²) in [7, 11) is 0. The van der Waals surface area contributed by atoms with Crippen molar-refractivity contribution >= 4 is 27.5 Å². The predicted octanol–water partition coefficient (Wildman–Crippen LogP) is 2.32. The Labute approximate surface area is 92.1 Å². The Kier molecular flexibility index (Phi) is 2.97. The lowest BCUT2D eigenvalue weighted by molar-refractivity contribution is -0.120. The molecule has 15 heavy (non-hydrogen) atoms. The van der Waals surface area contributed by atoms with Crippen molar-refractivity contribution in [2.24, 2.45) is 0 Å². The molecule has 1 N–H and O–H groups in total. The molecule has 0 unspecified atom stereocenters. The van der Waals surface area contributed by atoms with E-state index >= 15 is 0 Å². The zero-order valence-electron chi connectivity index (χ0n) is 8.49. The van der Waals surface area contributed by atoms with Gasteiger partial charge in [0.15, 0.2) is 0 Å². The van der Waals surface area contributed by atoms with E-state index in [1.165, 1.54) is 4.70 Å². The third-order valence-electron chi connectivity index (χ3n) is 2.10. The molecule has 0 aliphatic rings. The molecule has 0 aliphatic heterocycles. The molecule has 0 aliphatic carbocycles. The number of amides is 1. The highest BCUT2D eigenvalue weighted by atomic mass is 32.1. The van der Waals surface area contributed by atoms with Gasteiger partial charge >= 0.3 is 0 Å². The molecule has 0 bridgehead atoms. The summed E-state index contributed by atoms with van der Waals surface area (Å²) in [4.78, 5) is 15.5. The number of rotatable bonds is 3. The van der Waals surface area contributed by atoms with Crippen molar-refractivity contribution in [3.8, 4) is 0 Å². The molecule has 0 atom stereocenters. The predicted molar refractivity (Wildman–Crippen MR) is 61.8 cm³/mol. The first-order valence-corrected chi connectivity index (χ1v) is 5.72. The maximum absolute atomic E-state index is 11.1. The average Bonchev–Trinajstić information content (AvgIpc) is 2.68. The van der Waals surface area contributed by atoms with Crippen LogP contribution in [0.5, 0.6) is 0 Å². The molecule has 1 aromatic heterocycles. The maximum atomic E-state index is 11.1. The van der Waals surface area contributed by atoms with E-state index in [4.69, 9.17) is 0 Å². The second-order valence-corrected chi connectivity index (χ2v) is 4.32. The smallest absolute Gasteiger partial charge is 0.220 e. The number of nitrogens with zero attached hydrogens (tertiary/aromatic N) is 1. The Morgan fingerprint density at radius 1 is 1.47 bits per heavy atom. The van der Waals surface area contributed by atoms with Gasteiger partial charge in [0.25, 0.3) is 0 Å². The van der Waals surface area contributed by atoms with Crippen molar-refractivity contribution in [1.29, 1.82) is 0 Å². The van der Waals surface area contributed by atoms with Crippen molar-refractivity contribution in [1.82, 2.24) is 10.3 Å². The zero-order valence-corrected chi connectivity index (χ0v) is 9.30. The van der Waals surface area contributed by atoms with E-state index in [1.807, 2.05) is 31.2 Å². The molecule has 0 fully saturated rings. The van der Waals surface area contributed by atoms with Crippen LogP contribution in [0.1, 0.15) is 18.4 Å². The lowest BCUT2D eigenvalue weighted by Crippen LogP contribution is -2.21. The van der Waals surface area contributed by atoms with Crippen molar-refractivity contribution in [3.63, 3.8) is 0 Å². The number of hydrogen-bond donors (Lipinski definition) is 1. The van der Waals surface area contributed by atoms with Crippen LogP contribution in [0.2, 0.25) is 0 Å². The van der Waals surface area contributed by atoms with Crippen LogP contribution >= 0.6 is 11.3 Å². The van der Waals surface area contributed by atoms with Crippen LogP contribution in [0.3, 0.4) is 0 Å². The Bertz CT molecular complexity index is 445. The highest BCUT2D eigenvalue weighted by Crippen LogP contribution is 2.21. The van der Waals surface area contributed by atoms with Gasteiger partial charge in [0, 0.05) is 6.42 Å². The molecule has 3 nitrogen and oxygen atoms in total. The number of aromatic nitrogens is 1. The minimum Gasteiger partial charge on any atom is -0.350 e. The Morgan fingerprint density at radius 3 is 3.00 bits per heavy atom. The lowest BCUT2D eigenvalue weighted by atomic mass is 10.3. The largest absolute Gasteiger partial charge is 0.350 e. The van der Waals surface area contributed by atoms with Crippen molar-refractivity contribution in [3.05, 3.63) is 29.3 Å². The molecule has 0 saturated carbocycles. The van der Waals surface area contributed by atoms with Gasteiger partial charge in [-0.25, -0.2) is 4.98 Å². The molecular weight excluding hydrogens is 208 g/mol. The first kappa shape index (κ1) is 10.1. The van der Waals surface area contributed by atoms with E-state index in [2.05, 4.69) is 10.3 Å². The fourth-order valence-electron chi connectivity index (χ4n) is 1.29. The standard InChI is InChI=1S/C11H12N2OS/c1-2-10(14)12-7-11-13-8-5-3-4-6-9(8)15-11/h3-6H,2,7H2,1H3,(H,12,14). The molecule has 78 valence electrons. The summed E-state index contributed by atoms with van der Waals surface area (Å²) in [5.41, 5.74) is 1.00. The van der Waals surface area contributed by atoms with Crippen LogP contribution in [0.15, 0.2) is 24.3 Å². The average molecular weight is 220 g/mol. The van der Waals surface area contributed by atoms with Crippen molar-refractivity contribution < 1.29 is 4.79 Å². The van der Waals surface area contributed by atoms with E-state index in [1.54, 1.807) is 11.3 Å². The van der Waals surface area contributed by atoms with E-state index in [0.29, 0.717) is 13.0 Å². The number of thiazole rings is 1. The SMILES string of the molecule is CCC(=O)NCc1nc2ccccc2s1. The number of carbonyl (C=O) groups is 1. The molecular formula is C11H12N2OS. The molecule has 1 amide bonds. The summed E-state index contributed by atoms with van der Waals surface area (Å²) < 4.78 is 1.17. The van der Waals surface area contributed by atoms with Crippen LogP contribution in [0.25, 0.3) is 10.2 Å². The number of hydrogen-bond acceptors (Lipinski definition) is 3. The molecule has 4 heteroatoms. The first-order chi connectivity index (χ1) is 7.29. The van der Waals surface area contributed by atoms with Gasteiger partial charge < -0.3 is 5.32 Å². The Morgan fingerprint density at radius 2 is 2.27 bits per heavy atom. The van der Waals surface area contributed by atoms with Gasteiger partial charge in [0.2, 0.25) is 5.91 Å². The minimum absolute atomic E-state index is 0.0641. The molecule has 2 rings (SSSR count). The van der Waals surface area contributed by atoms with E-state index in [9.17, 15) is 4.79 Å². The number of benzene rings is 1. The third-order valence-corrected chi connectivity index (χ3v) is 3.13. The molecule has 0 spiro atoms. The second kappa shape index (κ2) is 4.40. The first-order valence-electron chi connectivity index (χ1n) is 4.90. The zero-order chi connectivity index (χ0) is 10.7. The summed E-state index contributed by atoms with van der Waals surface area (Å²) in [5, 5.41) is 3.78. The Hall–Kier alpha value is -1.42. The maximum Gasteiger partial charge on any atom is 0.220 e. The molecule has 1 heterocycles. The monoisotopic (exact) mass is 220 g/mol. The fraction of sp³-hybridized carbons (Fsp3) is 0.273. The van der Waals surface area contributed by atoms with E-state index in [0.717, 1.165) is 10.5 Å². The number of para-hydroxylation sites is 1. The summed E-state index contributed by atoms with van der Waals surface area (Å²) in [6, 6.07) is 7.99. The fourth-order valence-corrected chi connectivity index (χ4v) is 2.20. The van der Waals surface area contributed by atoms with Gasteiger partial charge in [-0.3, -0.25) is 4.79 Å². The number of fused-ring (bicyclic) bond motifs is 1. The van der Waals surface area contributed by atoms with Crippen LogP contribution < -0.4 is 5.32 Å². The summed E-state index contributed by atoms with van der Waals surface area (Å²) >= 11 is 1.62. The summed E-state index contributed by atoms with van der Waals surface area (Å²) in [5.74, 6) is 0.0641. The highest BCUT2D eigenvalue weighted by Gasteiger charge is 2.03. The molecule has 2 aromatic rings. The third kappa shape index (κ3) is 2.33. The van der Waals surface area contributed by atoms with Gasteiger partial charge in [-0.2, -0.15) is 0 Å². The van der Waals surface area contributed by atoms with Crippen LogP contribution in [0, 0.1) is 0 Å². The lowest BCUT2D eigenvalue weighted by Gasteiger charge is -1.98. The number of carbonyl (C=O) groups excluding carboxylic acids is 1. The molecule has 0 saturated heterocycles. The van der Waals surface area contributed by atoms with Crippen molar-refractivity contribution in [2.75, 3.05) is 0 Å². The van der Waals surface area contributed by atoms with Crippen LogP contribution in [0.4, 0.5) is 0 Å². The summed E-state index contributed by atoms with van der Waals surface area (Å²) in [6.45, 7) is 2.37. The highest BCUT2D eigenvalue weighted by molar-refractivity contribution is 7.18. The van der Waals surface area contributed by atoms with E-state index < -0.39 is 0 Å². The van der Waals surface area contributed by atoms with Crippen LogP contribution in [-0.4, -0.2) is 10.9 Å². The van der Waals surface area contributed by atoms with Gasteiger partial charge in [0.1, 0.15) is 5.01 Å². The minimum atomic E-state index is 0.0641. The van der Waals surface area contributed by atoms with Gasteiger partial charge in [0.05, 0.1) is 16.8 Å². The summed E-state index contributed by atoms with van der Waals surface area (Å²) in [6.07, 6.45) is 0.519. The second-order valence-electron chi connectivity index (χ2n) is 3.21. The Balaban J connectivity index is 2.12. The van der Waals surface area contributed by atoms with Gasteiger partial charge in [-0.15, -0.1) is 11.3 Å².